The highest BCUT2D eigenvalue weighted by Crippen LogP contribution is 2.33. The lowest BCUT2D eigenvalue weighted by molar-refractivity contribution is -0.384. The van der Waals surface area contributed by atoms with E-state index in [1.54, 1.807) is 19.9 Å². The SMILES string of the molecule is CC1(C)CN([C@@H](CCc2cccc([N+](=O)[O-])c2)C(F)(F)F)NC1=O. The van der Waals surface area contributed by atoms with E-state index in [9.17, 15) is 28.1 Å². The van der Waals surface area contributed by atoms with Crippen molar-refractivity contribution in [3.8, 4) is 0 Å². The van der Waals surface area contributed by atoms with Gasteiger partial charge in [-0.15, -0.1) is 0 Å². The number of aryl methyl sites for hydroxylation is 1. The Morgan fingerprint density at radius 3 is 2.58 bits per heavy atom. The first kappa shape index (κ1) is 18.2. The molecule has 0 bridgehead atoms. The predicted molar refractivity (Wildman–Crippen MR) is 79.9 cm³/mol. The molecule has 1 fully saturated rings. The number of benzene rings is 1. The minimum Gasteiger partial charge on any atom is -0.288 e. The molecule has 6 nitrogen and oxygen atoms in total. The highest BCUT2D eigenvalue weighted by Gasteiger charge is 2.49. The second-order valence-corrected chi connectivity index (χ2v) is 6.48. The van der Waals surface area contributed by atoms with Gasteiger partial charge in [0.2, 0.25) is 5.91 Å². The van der Waals surface area contributed by atoms with Gasteiger partial charge in [0.25, 0.3) is 5.69 Å². The molecule has 0 saturated carbocycles. The molecule has 0 radical (unpaired) electrons. The number of rotatable bonds is 5. The summed E-state index contributed by atoms with van der Waals surface area (Å²) in [5.74, 6) is -0.452. The molecule has 1 saturated heterocycles. The first-order valence-corrected chi connectivity index (χ1v) is 7.38. The summed E-state index contributed by atoms with van der Waals surface area (Å²) in [4.78, 5) is 21.9. The van der Waals surface area contributed by atoms with Gasteiger partial charge in [-0.05, 0) is 32.3 Å². The number of nitro groups is 1. The summed E-state index contributed by atoms with van der Waals surface area (Å²) in [6.45, 7) is 3.11. The molecule has 1 heterocycles. The Bertz CT molecular complexity index is 646. The molecule has 0 aromatic heterocycles. The van der Waals surface area contributed by atoms with Gasteiger partial charge in [-0.2, -0.15) is 13.2 Å². The Labute approximate surface area is 136 Å². The number of carbonyl (C=O) groups is 1. The van der Waals surface area contributed by atoms with Crippen molar-refractivity contribution in [1.29, 1.82) is 0 Å². The molecule has 1 aromatic carbocycles. The van der Waals surface area contributed by atoms with E-state index in [2.05, 4.69) is 5.43 Å². The Hall–Kier alpha value is -2.16. The summed E-state index contributed by atoms with van der Waals surface area (Å²) in [6, 6.07) is 3.69. The quantitative estimate of drug-likeness (QED) is 0.658. The normalized spacial score (nSPS) is 19.1. The minimum atomic E-state index is -4.52. The van der Waals surface area contributed by atoms with Crippen LogP contribution in [-0.2, 0) is 11.2 Å². The molecule has 1 amide bonds. The monoisotopic (exact) mass is 345 g/mol. The highest BCUT2D eigenvalue weighted by molar-refractivity contribution is 5.83. The third kappa shape index (κ3) is 4.02. The minimum absolute atomic E-state index is 0.0126. The number of non-ortho nitro benzene ring substituents is 1. The molecule has 1 atom stereocenters. The van der Waals surface area contributed by atoms with Gasteiger partial charge < -0.3 is 0 Å². The standard InChI is InChI=1S/C15H18F3N3O3/c1-14(2)9-20(19-13(14)22)12(15(16,17)18)7-6-10-4-3-5-11(8-10)21(23)24/h3-5,8,12H,6-7,9H2,1-2H3,(H,19,22)/t12-/m0/s1. The number of nitrogens with zero attached hydrogens (tertiary/aromatic N) is 2. The van der Waals surface area contributed by atoms with Gasteiger partial charge in [0.05, 0.1) is 10.3 Å². The number of nitro benzene ring substituents is 1. The molecule has 1 aromatic rings. The molecule has 0 unspecified atom stereocenters. The van der Waals surface area contributed by atoms with Crippen LogP contribution in [-0.4, -0.2) is 34.6 Å². The van der Waals surface area contributed by atoms with E-state index in [0.717, 1.165) is 5.01 Å². The van der Waals surface area contributed by atoms with E-state index in [1.807, 2.05) is 0 Å². The van der Waals surface area contributed by atoms with Crippen molar-refractivity contribution in [1.82, 2.24) is 10.4 Å². The Kier molecular flexibility index (Phi) is 4.84. The molecule has 132 valence electrons. The molecule has 1 aliphatic heterocycles. The van der Waals surface area contributed by atoms with Gasteiger partial charge >= 0.3 is 6.18 Å². The van der Waals surface area contributed by atoms with Crippen LogP contribution in [0.1, 0.15) is 25.8 Å². The van der Waals surface area contributed by atoms with Crippen LogP contribution in [0.4, 0.5) is 18.9 Å². The smallest absolute Gasteiger partial charge is 0.288 e. The molecular formula is C15H18F3N3O3. The van der Waals surface area contributed by atoms with E-state index in [0.29, 0.717) is 5.56 Å². The van der Waals surface area contributed by atoms with E-state index in [4.69, 9.17) is 0 Å². The van der Waals surface area contributed by atoms with E-state index in [1.165, 1.54) is 18.2 Å². The van der Waals surface area contributed by atoms with Gasteiger partial charge in [-0.3, -0.25) is 20.3 Å². The number of alkyl halides is 3. The maximum Gasteiger partial charge on any atom is 0.405 e. The third-order valence-corrected chi connectivity index (χ3v) is 4.01. The molecule has 24 heavy (non-hydrogen) atoms. The summed E-state index contributed by atoms with van der Waals surface area (Å²) in [5.41, 5.74) is 1.68. The van der Waals surface area contributed by atoms with Gasteiger partial charge in [-0.25, -0.2) is 5.01 Å². The van der Waals surface area contributed by atoms with Crippen molar-refractivity contribution in [3.63, 3.8) is 0 Å². The highest BCUT2D eigenvalue weighted by atomic mass is 19.4. The van der Waals surface area contributed by atoms with Gasteiger partial charge in [0.15, 0.2) is 0 Å². The lowest BCUT2D eigenvalue weighted by atomic mass is 9.94. The van der Waals surface area contributed by atoms with Crippen molar-refractivity contribution >= 4 is 11.6 Å². The van der Waals surface area contributed by atoms with Gasteiger partial charge in [0, 0.05) is 18.7 Å². The number of nitrogens with one attached hydrogen (secondary N) is 1. The summed E-state index contributed by atoms with van der Waals surface area (Å²) in [6.07, 6.45) is -4.81. The molecule has 0 aliphatic carbocycles. The summed E-state index contributed by atoms with van der Waals surface area (Å²) < 4.78 is 40.1. The average Bonchev–Trinajstić information content (AvgIpc) is 2.71. The van der Waals surface area contributed by atoms with Crippen molar-refractivity contribution in [2.45, 2.75) is 38.9 Å². The van der Waals surface area contributed by atoms with Gasteiger partial charge in [-0.1, -0.05) is 12.1 Å². The van der Waals surface area contributed by atoms with Crippen molar-refractivity contribution in [3.05, 3.63) is 39.9 Å². The van der Waals surface area contributed by atoms with Crippen molar-refractivity contribution < 1.29 is 22.9 Å². The zero-order valence-electron chi connectivity index (χ0n) is 13.3. The van der Waals surface area contributed by atoms with Crippen molar-refractivity contribution in [2.24, 2.45) is 5.41 Å². The second kappa shape index (κ2) is 6.39. The molecule has 1 N–H and O–H groups in total. The molecule has 2 rings (SSSR count). The molecule has 9 heteroatoms. The fourth-order valence-corrected chi connectivity index (χ4v) is 2.63. The first-order valence-electron chi connectivity index (χ1n) is 7.38. The van der Waals surface area contributed by atoms with E-state index < -0.39 is 28.5 Å². The Morgan fingerprint density at radius 1 is 1.42 bits per heavy atom. The Balaban J connectivity index is 2.12. The van der Waals surface area contributed by atoms with Crippen LogP contribution in [0.2, 0.25) is 0 Å². The third-order valence-electron chi connectivity index (χ3n) is 4.01. The van der Waals surface area contributed by atoms with E-state index in [-0.39, 0.29) is 25.1 Å². The number of hydrogen-bond donors (Lipinski definition) is 1. The van der Waals surface area contributed by atoms with Gasteiger partial charge in [0.1, 0.15) is 6.04 Å². The summed E-state index contributed by atoms with van der Waals surface area (Å²) in [5, 5.41) is 11.7. The fourth-order valence-electron chi connectivity index (χ4n) is 2.63. The van der Waals surface area contributed by atoms with Crippen LogP contribution in [0.25, 0.3) is 0 Å². The molecule has 0 spiro atoms. The zero-order chi connectivity index (χ0) is 18.1. The number of hydrogen-bond acceptors (Lipinski definition) is 4. The molecule has 1 aliphatic rings. The van der Waals surface area contributed by atoms with E-state index >= 15 is 0 Å². The zero-order valence-corrected chi connectivity index (χ0v) is 13.3. The summed E-state index contributed by atoms with van der Waals surface area (Å²) >= 11 is 0. The lowest BCUT2D eigenvalue weighted by Crippen LogP contribution is -2.50. The number of carbonyl (C=O) groups excluding carboxylic acids is 1. The average molecular weight is 345 g/mol. The topological polar surface area (TPSA) is 75.5 Å². The lowest BCUT2D eigenvalue weighted by Gasteiger charge is -2.29. The maximum atomic E-state index is 13.4. The summed E-state index contributed by atoms with van der Waals surface area (Å²) in [7, 11) is 0. The van der Waals surface area contributed by atoms with Crippen LogP contribution in [0.5, 0.6) is 0 Å². The Morgan fingerprint density at radius 2 is 2.08 bits per heavy atom. The van der Waals surface area contributed by atoms with Crippen LogP contribution >= 0.6 is 0 Å². The second-order valence-electron chi connectivity index (χ2n) is 6.48. The van der Waals surface area contributed by atoms with Crippen molar-refractivity contribution in [2.75, 3.05) is 6.54 Å². The predicted octanol–water partition coefficient (Wildman–Crippen LogP) is 2.83. The number of hydrazine groups is 1. The first-order chi connectivity index (χ1) is 11.0. The number of amides is 1. The maximum absolute atomic E-state index is 13.4. The largest absolute Gasteiger partial charge is 0.405 e. The fraction of sp³-hybridized carbons (Fsp3) is 0.533. The van der Waals surface area contributed by atoms with Crippen LogP contribution in [0.15, 0.2) is 24.3 Å². The molecular weight excluding hydrogens is 327 g/mol. The van der Waals surface area contributed by atoms with Crippen LogP contribution < -0.4 is 5.43 Å². The van der Waals surface area contributed by atoms with Crippen LogP contribution in [0.3, 0.4) is 0 Å². The van der Waals surface area contributed by atoms with Crippen LogP contribution in [0, 0.1) is 15.5 Å². The number of halogens is 3.